The van der Waals surface area contributed by atoms with Crippen molar-refractivity contribution in [3.63, 3.8) is 0 Å². The molecule has 2 atom stereocenters. The van der Waals surface area contributed by atoms with Gasteiger partial charge < -0.3 is 9.47 Å². The van der Waals surface area contributed by atoms with Crippen molar-refractivity contribution in [3.05, 3.63) is 0 Å². The second kappa shape index (κ2) is 11.7. The lowest BCUT2D eigenvalue weighted by molar-refractivity contribution is -0.254. The van der Waals surface area contributed by atoms with Crippen LogP contribution in [0.1, 0.15) is 85.5 Å². The molecule has 0 bridgehead atoms. The van der Waals surface area contributed by atoms with Gasteiger partial charge in [0.1, 0.15) is 0 Å². The van der Waals surface area contributed by atoms with E-state index in [1.165, 1.54) is 44.9 Å². The first kappa shape index (κ1) is 18.9. The molecule has 0 N–H and O–H groups in total. The molecule has 116 valence electrons. The predicted octanol–water partition coefficient (Wildman–Crippen LogP) is 5.55. The fourth-order valence-electron chi connectivity index (χ4n) is 2.87. The molecule has 0 fully saturated rings. The number of ether oxygens (including phenoxy) is 2. The Labute approximate surface area is 121 Å². The maximum atomic E-state index is 5.95. The molecule has 0 aromatic heterocycles. The standard InChI is InChI=1S/C17H36O2/c1-6-9-10-11-12-13-14-16(4)17(18-5,15-7-2)19-8-3/h16H,6-15H2,1-5H3. The summed E-state index contributed by atoms with van der Waals surface area (Å²) in [4.78, 5) is 0. The van der Waals surface area contributed by atoms with Crippen molar-refractivity contribution in [2.45, 2.75) is 91.3 Å². The highest BCUT2D eigenvalue weighted by Crippen LogP contribution is 2.32. The van der Waals surface area contributed by atoms with Crippen LogP contribution in [0.25, 0.3) is 0 Å². The minimum atomic E-state index is -0.354. The van der Waals surface area contributed by atoms with E-state index >= 15 is 0 Å². The van der Waals surface area contributed by atoms with Crippen LogP contribution in [0.3, 0.4) is 0 Å². The molecular weight excluding hydrogens is 236 g/mol. The Kier molecular flexibility index (Phi) is 11.7. The third-order valence-electron chi connectivity index (χ3n) is 4.07. The van der Waals surface area contributed by atoms with Crippen molar-refractivity contribution in [2.75, 3.05) is 13.7 Å². The highest BCUT2D eigenvalue weighted by atomic mass is 16.7. The first-order valence-electron chi connectivity index (χ1n) is 8.35. The summed E-state index contributed by atoms with van der Waals surface area (Å²) in [6.07, 6.45) is 11.4. The van der Waals surface area contributed by atoms with Crippen molar-refractivity contribution in [3.8, 4) is 0 Å². The Hall–Kier alpha value is -0.0800. The summed E-state index contributed by atoms with van der Waals surface area (Å²) in [5.41, 5.74) is 0. The van der Waals surface area contributed by atoms with Crippen molar-refractivity contribution in [2.24, 2.45) is 5.92 Å². The van der Waals surface area contributed by atoms with E-state index in [9.17, 15) is 0 Å². The smallest absolute Gasteiger partial charge is 0.170 e. The zero-order chi connectivity index (χ0) is 14.6. The lowest BCUT2D eigenvalue weighted by atomic mass is 9.90. The third-order valence-corrected chi connectivity index (χ3v) is 4.07. The molecule has 0 spiro atoms. The van der Waals surface area contributed by atoms with Crippen molar-refractivity contribution in [1.29, 1.82) is 0 Å². The summed E-state index contributed by atoms with van der Waals surface area (Å²) in [5.74, 6) is 0.121. The number of rotatable bonds is 13. The van der Waals surface area contributed by atoms with Crippen LogP contribution in [-0.2, 0) is 9.47 Å². The zero-order valence-corrected chi connectivity index (χ0v) is 14.0. The Bertz CT molecular complexity index is 186. The van der Waals surface area contributed by atoms with E-state index in [0.29, 0.717) is 5.92 Å². The minimum absolute atomic E-state index is 0.354. The van der Waals surface area contributed by atoms with E-state index in [-0.39, 0.29) is 5.79 Å². The molecule has 2 nitrogen and oxygen atoms in total. The van der Waals surface area contributed by atoms with Gasteiger partial charge in [0.25, 0.3) is 0 Å². The van der Waals surface area contributed by atoms with Gasteiger partial charge in [0.05, 0.1) is 0 Å². The molecule has 0 saturated heterocycles. The van der Waals surface area contributed by atoms with E-state index in [0.717, 1.165) is 19.4 Å². The van der Waals surface area contributed by atoms with Crippen molar-refractivity contribution < 1.29 is 9.47 Å². The lowest BCUT2D eigenvalue weighted by Crippen LogP contribution is -2.41. The molecular formula is C17H36O2. The maximum Gasteiger partial charge on any atom is 0.170 e. The van der Waals surface area contributed by atoms with Crippen molar-refractivity contribution in [1.82, 2.24) is 0 Å². The number of unbranched alkanes of at least 4 members (excludes halogenated alkanes) is 5. The first-order valence-corrected chi connectivity index (χ1v) is 8.35. The van der Waals surface area contributed by atoms with Gasteiger partial charge in [-0.05, 0) is 13.3 Å². The molecule has 0 amide bonds. The van der Waals surface area contributed by atoms with Gasteiger partial charge in [0.15, 0.2) is 5.79 Å². The average Bonchev–Trinajstić information content (AvgIpc) is 2.42. The summed E-state index contributed by atoms with van der Waals surface area (Å²) in [6, 6.07) is 0. The average molecular weight is 272 g/mol. The monoisotopic (exact) mass is 272 g/mol. The largest absolute Gasteiger partial charge is 0.353 e. The van der Waals surface area contributed by atoms with Crippen LogP contribution in [-0.4, -0.2) is 19.5 Å². The van der Waals surface area contributed by atoms with Gasteiger partial charge in [-0.15, -0.1) is 0 Å². The van der Waals surface area contributed by atoms with Crippen LogP contribution in [0.2, 0.25) is 0 Å². The summed E-state index contributed by atoms with van der Waals surface area (Å²) in [7, 11) is 1.79. The van der Waals surface area contributed by atoms with Gasteiger partial charge in [-0.25, -0.2) is 0 Å². The molecule has 0 rings (SSSR count). The number of methoxy groups -OCH3 is 1. The van der Waals surface area contributed by atoms with Gasteiger partial charge in [0.2, 0.25) is 0 Å². The van der Waals surface area contributed by atoms with E-state index in [2.05, 4.69) is 27.7 Å². The van der Waals surface area contributed by atoms with Gasteiger partial charge >= 0.3 is 0 Å². The van der Waals surface area contributed by atoms with Gasteiger partial charge in [-0.3, -0.25) is 0 Å². The zero-order valence-electron chi connectivity index (χ0n) is 14.0. The number of hydrogen-bond acceptors (Lipinski definition) is 2. The summed E-state index contributed by atoms with van der Waals surface area (Å²) in [5, 5.41) is 0. The SMILES string of the molecule is CCCCCCCCC(C)C(CCC)(OC)OCC. The van der Waals surface area contributed by atoms with E-state index in [1.807, 2.05) is 0 Å². The van der Waals surface area contributed by atoms with E-state index in [1.54, 1.807) is 7.11 Å². The second-order valence-electron chi connectivity index (χ2n) is 5.66. The van der Waals surface area contributed by atoms with Gasteiger partial charge in [-0.1, -0.05) is 65.7 Å². The van der Waals surface area contributed by atoms with Gasteiger partial charge in [0, 0.05) is 26.1 Å². The molecule has 0 radical (unpaired) electrons. The van der Waals surface area contributed by atoms with E-state index < -0.39 is 0 Å². The van der Waals surface area contributed by atoms with Crippen LogP contribution in [0.4, 0.5) is 0 Å². The second-order valence-corrected chi connectivity index (χ2v) is 5.66. The van der Waals surface area contributed by atoms with E-state index in [4.69, 9.17) is 9.47 Å². The molecule has 0 aromatic rings. The normalized spacial score (nSPS) is 16.3. The Morgan fingerprint density at radius 1 is 0.895 bits per heavy atom. The molecule has 2 heteroatoms. The van der Waals surface area contributed by atoms with Crippen LogP contribution in [0.15, 0.2) is 0 Å². The van der Waals surface area contributed by atoms with Crippen LogP contribution >= 0.6 is 0 Å². The van der Waals surface area contributed by atoms with Crippen LogP contribution in [0.5, 0.6) is 0 Å². The molecule has 0 aliphatic heterocycles. The fourth-order valence-corrected chi connectivity index (χ4v) is 2.87. The summed E-state index contributed by atoms with van der Waals surface area (Å²) in [6.45, 7) is 9.53. The molecule has 2 unspecified atom stereocenters. The summed E-state index contributed by atoms with van der Waals surface area (Å²) >= 11 is 0. The molecule has 0 saturated carbocycles. The Balaban J connectivity index is 4.06. The molecule has 0 heterocycles. The molecule has 19 heavy (non-hydrogen) atoms. The lowest BCUT2D eigenvalue weighted by Gasteiger charge is -2.37. The minimum Gasteiger partial charge on any atom is -0.353 e. The van der Waals surface area contributed by atoms with Crippen LogP contribution in [0, 0.1) is 5.92 Å². The molecule has 0 aliphatic carbocycles. The summed E-state index contributed by atoms with van der Waals surface area (Å²) < 4.78 is 11.7. The van der Waals surface area contributed by atoms with Crippen LogP contribution < -0.4 is 0 Å². The fraction of sp³-hybridized carbons (Fsp3) is 1.00. The maximum absolute atomic E-state index is 5.95. The highest BCUT2D eigenvalue weighted by Gasteiger charge is 2.35. The van der Waals surface area contributed by atoms with Crippen molar-refractivity contribution >= 4 is 0 Å². The first-order chi connectivity index (χ1) is 9.16. The highest BCUT2D eigenvalue weighted by molar-refractivity contribution is 4.76. The quantitative estimate of drug-likeness (QED) is 0.323. The Morgan fingerprint density at radius 2 is 1.53 bits per heavy atom. The molecule has 0 aliphatic rings. The Morgan fingerprint density at radius 3 is 2.05 bits per heavy atom. The van der Waals surface area contributed by atoms with Gasteiger partial charge in [-0.2, -0.15) is 0 Å². The predicted molar refractivity (Wildman–Crippen MR) is 83.4 cm³/mol. The number of hydrogen-bond donors (Lipinski definition) is 0. The topological polar surface area (TPSA) is 18.5 Å². The third kappa shape index (κ3) is 7.31. The molecule has 0 aromatic carbocycles.